The zero-order valence-electron chi connectivity index (χ0n) is 15.5. The Kier molecular flexibility index (Phi) is 4.02. The number of hydrogen-bond donors (Lipinski definition) is 1. The first-order valence-electron chi connectivity index (χ1n) is 9.09. The molecular formula is C21H17N3O4S. The van der Waals surface area contributed by atoms with Crippen LogP contribution in [0.4, 0.5) is 4.79 Å². The van der Waals surface area contributed by atoms with Crippen molar-refractivity contribution in [1.82, 2.24) is 15.2 Å². The van der Waals surface area contributed by atoms with Gasteiger partial charge in [-0.25, -0.2) is 9.78 Å². The minimum Gasteiger partial charge on any atom is -0.454 e. The number of urea groups is 1. The van der Waals surface area contributed by atoms with Crippen molar-refractivity contribution in [3.8, 4) is 22.1 Å². The molecule has 0 spiro atoms. The number of nitrogens with zero attached hydrogens (tertiary/aromatic N) is 2. The van der Waals surface area contributed by atoms with Gasteiger partial charge in [0, 0.05) is 10.9 Å². The van der Waals surface area contributed by atoms with E-state index in [1.807, 2.05) is 35.7 Å². The molecule has 1 N–H and O–H groups in total. The van der Waals surface area contributed by atoms with E-state index in [1.165, 1.54) is 16.2 Å². The summed E-state index contributed by atoms with van der Waals surface area (Å²) in [4.78, 5) is 31.6. The van der Waals surface area contributed by atoms with E-state index in [0.29, 0.717) is 22.8 Å². The molecule has 1 saturated heterocycles. The van der Waals surface area contributed by atoms with Crippen molar-refractivity contribution < 1.29 is 19.1 Å². The van der Waals surface area contributed by atoms with Gasteiger partial charge in [-0.05, 0) is 24.6 Å². The van der Waals surface area contributed by atoms with Gasteiger partial charge in [-0.3, -0.25) is 9.69 Å². The Morgan fingerprint density at radius 3 is 2.76 bits per heavy atom. The third-order valence-electron chi connectivity index (χ3n) is 5.12. The van der Waals surface area contributed by atoms with E-state index in [0.717, 1.165) is 10.6 Å². The first kappa shape index (κ1) is 17.7. The van der Waals surface area contributed by atoms with E-state index in [2.05, 4.69) is 10.3 Å². The predicted molar refractivity (Wildman–Crippen MR) is 107 cm³/mol. The molecule has 3 amide bonds. The van der Waals surface area contributed by atoms with Crippen molar-refractivity contribution in [3.05, 3.63) is 65.2 Å². The van der Waals surface area contributed by atoms with E-state index in [9.17, 15) is 9.59 Å². The van der Waals surface area contributed by atoms with E-state index in [4.69, 9.17) is 9.47 Å². The van der Waals surface area contributed by atoms with Gasteiger partial charge in [-0.2, -0.15) is 0 Å². The smallest absolute Gasteiger partial charge is 0.325 e. The van der Waals surface area contributed by atoms with E-state index < -0.39 is 11.6 Å². The molecule has 1 aromatic heterocycles. The maximum atomic E-state index is 13.2. The predicted octanol–water partition coefficient (Wildman–Crippen LogP) is 3.51. The minimum atomic E-state index is -1.17. The number of carbonyl (C=O) groups is 2. The van der Waals surface area contributed by atoms with Crippen LogP contribution in [0.15, 0.2) is 53.9 Å². The van der Waals surface area contributed by atoms with Gasteiger partial charge in [-0.1, -0.05) is 36.4 Å². The lowest BCUT2D eigenvalue weighted by atomic mass is 9.91. The molecule has 1 fully saturated rings. The molecule has 3 heterocycles. The first-order chi connectivity index (χ1) is 14.0. The van der Waals surface area contributed by atoms with Crippen molar-refractivity contribution >= 4 is 23.3 Å². The third-order valence-corrected chi connectivity index (χ3v) is 6.06. The summed E-state index contributed by atoms with van der Waals surface area (Å²) < 4.78 is 10.7. The molecule has 29 heavy (non-hydrogen) atoms. The minimum absolute atomic E-state index is 0.119. The molecule has 0 saturated carbocycles. The zero-order valence-corrected chi connectivity index (χ0v) is 16.4. The SMILES string of the molecule is C[C@@]1(c2ccc3c(c2)OCO3)NC(=O)N(Cc2csc(-c3ccccc3)n2)C1=O. The molecule has 0 unspecified atom stereocenters. The third kappa shape index (κ3) is 2.92. The summed E-state index contributed by atoms with van der Waals surface area (Å²) in [5.41, 5.74) is 1.15. The van der Waals surface area contributed by atoms with Crippen LogP contribution >= 0.6 is 11.3 Å². The van der Waals surface area contributed by atoms with E-state index in [1.54, 1.807) is 25.1 Å². The highest BCUT2D eigenvalue weighted by Crippen LogP contribution is 2.38. The van der Waals surface area contributed by atoms with Crippen LogP contribution in [0, 0.1) is 0 Å². The average molecular weight is 407 g/mol. The van der Waals surface area contributed by atoms with Crippen molar-refractivity contribution in [3.63, 3.8) is 0 Å². The number of imide groups is 1. The molecule has 0 aliphatic carbocycles. The second kappa shape index (κ2) is 6.59. The van der Waals surface area contributed by atoms with Crippen LogP contribution in [-0.4, -0.2) is 28.6 Å². The fraction of sp³-hybridized carbons (Fsp3) is 0.190. The first-order valence-corrected chi connectivity index (χ1v) is 9.96. The van der Waals surface area contributed by atoms with Crippen molar-refractivity contribution in [1.29, 1.82) is 0 Å². The number of thiazole rings is 1. The standard InChI is InChI=1S/C21H17N3O4S/c1-21(14-7-8-16-17(9-14)28-12-27-16)19(25)24(20(26)23-21)10-15-11-29-18(22-15)13-5-3-2-4-6-13/h2-9,11H,10,12H2,1H3,(H,23,26)/t21-/m0/s1. The van der Waals surface area contributed by atoms with Gasteiger partial charge in [0.2, 0.25) is 6.79 Å². The lowest BCUT2D eigenvalue weighted by Gasteiger charge is -2.22. The largest absolute Gasteiger partial charge is 0.454 e. The van der Waals surface area contributed by atoms with Crippen LogP contribution in [-0.2, 0) is 16.9 Å². The summed E-state index contributed by atoms with van der Waals surface area (Å²) in [6.45, 7) is 1.96. The molecule has 2 aliphatic heterocycles. The van der Waals surface area contributed by atoms with Gasteiger partial charge in [0.1, 0.15) is 10.5 Å². The number of rotatable bonds is 4. The number of fused-ring (bicyclic) bond motifs is 1. The van der Waals surface area contributed by atoms with E-state index >= 15 is 0 Å². The summed E-state index contributed by atoms with van der Waals surface area (Å²) in [6, 6.07) is 14.6. The highest BCUT2D eigenvalue weighted by Gasteiger charge is 2.49. The van der Waals surface area contributed by atoms with Gasteiger partial charge < -0.3 is 14.8 Å². The maximum Gasteiger partial charge on any atom is 0.325 e. The van der Waals surface area contributed by atoms with Gasteiger partial charge in [-0.15, -0.1) is 11.3 Å². The topological polar surface area (TPSA) is 80.8 Å². The van der Waals surface area contributed by atoms with Crippen molar-refractivity contribution in [2.45, 2.75) is 19.0 Å². The van der Waals surface area contributed by atoms with Crippen LogP contribution < -0.4 is 14.8 Å². The number of carbonyl (C=O) groups excluding carboxylic acids is 2. The van der Waals surface area contributed by atoms with Crippen LogP contribution in [0.3, 0.4) is 0 Å². The summed E-state index contributed by atoms with van der Waals surface area (Å²) in [6.07, 6.45) is 0. The fourth-order valence-electron chi connectivity index (χ4n) is 3.50. The maximum absolute atomic E-state index is 13.2. The summed E-state index contributed by atoms with van der Waals surface area (Å²) in [5.74, 6) is 0.869. The normalized spacial score (nSPS) is 20.2. The quantitative estimate of drug-likeness (QED) is 0.670. The Morgan fingerprint density at radius 2 is 1.93 bits per heavy atom. The zero-order chi connectivity index (χ0) is 20.0. The van der Waals surface area contributed by atoms with Crippen molar-refractivity contribution in [2.75, 3.05) is 6.79 Å². The number of hydrogen-bond acceptors (Lipinski definition) is 6. The van der Waals surface area contributed by atoms with Crippen LogP contribution in [0.5, 0.6) is 11.5 Å². The number of nitrogens with one attached hydrogen (secondary N) is 1. The molecular weight excluding hydrogens is 390 g/mol. The van der Waals surface area contributed by atoms with Gasteiger partial charge in [0.15, 0.2) is 11.5 Å². The van der Waals surface area contributed by atoms with E-state index in [-0.39, 0.29) is 19.2 Å². The molecule has 1 atom stereocenters. The molecule has 7 nitrogen and oxygen atoms in total. The van der Waals surface area contributed by atoms with Crippen LogP contribution in [0.1, 0.15) is 18.2 Å². The highest BCUT2D eigenvalue weighted by molar-refractivity contribution is 7.13. The molecule has 0 bridgehead atoms. The summed E-state index contributed by atoms with van der Waals surface area (Å²) >= 11 is 1.49. The summed E-state index contributed by atoms with van der Waals surface area (Å²) in [7, 11) is 0. The Labute approximate surface area is 170 Å². The van der Waals surface area contributed by atoms with Gasteiger partial charge in [0.05, 0.1) is 12.2 Å². The van der Waals surface area contributed by atoms with Crippen LogP contribution in [0.25, 0.3) is 10.6 Å². The molecule has 0 radical (unpaired) electrons. The molecule has 2 aromatic carbocycles. The number of amides is 3. The Hall–Kier alpha value is -3.39. The van der Waals surface area contributed by atoms with Crippen LogP contribution in [0.2, 0.25) is 0 Å². The monoisotopic (exact) mass is 407 g/mol. The Morgan fingerprint density at radius 1 is 1.14 bits per heavy atom. The lowest BCUT2D eigenvalue weighted by Crippen LogP contribution is -2.40. The van der Waals surface area contributed by atoms with Gasteiger partial charge >= 0.3 is 6.03 Å². The fourth-order valence-corrected chi connectivity index (χ4v) is 4.32. The number of aromatic nitrogens is 1. The average Bonchev–Trinajstić information content (AvgIpc) is 3.44. The molecule has 146 valence electrons. The Balaban J connectivity index is 1.39. The van der Waals surface area contributed by atoms with Crippen molar-refractivity contribution in [2.24, 2.45) is 0 Å². The molecule has 5 rings (SSSR count). The second-order valence-corrected chi connectivity index (χ2v) is 7.88. The molecule has 8 heteroatoms. The Bertz CT molecular complexity index is 1110. The van der Waals surface area contributed by atoms with Gasteiger partial charge in [0.25, 0.3) is 5.91 Å². The summed E-state index contributed by atoms with van der Waals surface area (Å²) in [5, 5.41) is 5.54. The molecule has 2 aliphatic rings. The number of benzene rings is 2. The molecule has 3 aromatic rings. The number of ether oxygens (including phenoxy) is 2. The second-order valence-electron chi connectivity index (χ2n) is 7.02. The highest BCUT2D eigenvalue weighted by atomic mass is 32.1. The lowest BCUT2D eigenvalue weighted by molar-refractivity contribution is -0.131.